The second-order valence-corrected chi connectivity index (χ2v) is 9.27. The fourth-order valence-electron chi connectivity index (χ4n) is 5.00. The highest BCUT2D eigenvalue weighted by molar-refractivity contribution is 6.46. The number of aromatic amines is 1. The topological polar surface area (TPSA) is 135 Å². The number of H-pyrrole nitrogens is 1. The van der Waals surface area contributed by atoms with Gasteiger partial charge in [-0.2, -0.15) is 0 Å². The molecule has 1 fully saturated rings. The maximum atomic E-state index is 13.4. The molecule has 1 amide bonds. The normalized spacial score (nSPS) is 16.4. The minimum absolute atomic E-state index is 0.0800. The zero-order valence-corrected chi connectivity index (χ0v) is 21.9. The van der Waals surface area contributed by atoms with Crippen molar-refractivity contribution in [2.24, 2.45) is 0 Å². The van der Waals surface area contributed by atoms with Crippen LogP contribution in [0.1, 0.15) is 29.7 Å². The van der Waals surface area contributed by atoms with Crippen LogP contribution in [-0.2, 0) is 16.0 Å². The summed E-state index contributed by atoms with van der Waals surface area (Å²) in [4.78, 5) is 41.9. The third kappa shape index (κ3) is 4.86. The molecule has 0 bridgehead atoms. The van der Waals surface area contributed by atoms with E-state index in [9.17, 15) is 24.8 Å². The first-order valence-corrected chi connectivity index (χ1v) is 12.7. The van der Waals surface area contributed by atoms with Gasteiger partial charge in [0.1, 0.15) is 17.3 Å². The molecule has 0 saturated carbocycles. The number of rotatable bonds is 9. The molecule has 0 radical (unpaired) electrons. The molecule has 204 valence electrons. The zero-order valence-electron chi connectivity index (χ0n) is 21.9. The van der Waals surface area contributed by atoms with E-state index in [1.807, 2.05) is 31.3 Å². The largest absolute Gasteiger partial charge is 0.507 e. The number of aliphatic hydroxyl groups excluding tert-OH is 1. The van der Waals surface area contributed by atoms with E-state index >= 15 is 0 Å². The Labute approximate surface area is 229 Å². The molecule has 0 spiro atoms. The lowest BCUT2D eigenvalue weighted by molar-refractivity contribution is -0.384. The Morgan fingerprint density at radius 2 is 1.75 bits per heavy atom. The maximum absolute atomic E-state index is 13.4. The van der Waals surface area contributed by atoms with Gasteiger partial charge in [-0.3, -0.25) is 19.7 Å². The summed E-state index contributed by atoms with van der Waals surface area (Å²) < 4.78 is 10.9. The van der Waals surface area contributed by atoms with Gasteiger partial charge in [-0.15, -0.1) is 0 Å². The molecule has 2 heterocycles. The number of carbonyl (C=O) groups excluding carboxylic acids is 2. The van der Waals surface area contributed by atoms with E-state index in [0.29, 0.717) is 30.1 Å². The molecule has 1 atom stereocenters. The molecule has 1 aromatic heterocycles. The Morgan fingerprint density at radius 3 is 2.40 bits per heavy atom. The van der Waals surface area contributed by atoms with Gasteiger partial charge in [0.15, 0.2) is 0 Å². The smallest absolute Gasteiger partial charge is 0.295 e. The number of hydrogen-bond donors (Lipinski definition) is 2. The summed E-state index contributed by atoms with van der Waals surface area (Å²) in [6.07, 6.45) is 2.30. The number of nitro groups is 1. The van der Waals surface area contributed by atoms with Crippen LogP contribution in [-0.4, -0.2) is 51.9 Å². The van der Waals surface area contributed by atoms with Crippen LogP contribution in [0.4, 0.5) is 5.69 Å². The number of benzene rings is 3. The van der Waals surface area contributed by atoms with Crippen LogP contribution in [0.3, 0.4) is 0 Å². The number of aliphatic hydroxyl groups is 1. The van der Waals surface area contributed by atoms with E-state index in [1.165, 1.54) is 29.2 Å². The van der Waals surface area contributed by atoms with Gasteiger partial charge in [0, 0.05) is 41.3 Å². The molecule has 1 aliphatic heterocycles. The van der Waals surface area contributed by atoms with Crippen LogP contribution in [0, 0.1) is 10.1 Å². The molecule has 0 aliphatic carbocycles. The van der Waals surface area contributed by atoms with Crippen molar-refractivity contribution in [1.29, 1.82) is 0 Å². The van der Waals surface area contributed by atoms with Gasteiger partial charge in [0.25, 0.3) is 17.4 Å². The van der Waals surface area contributed by atoms with Crippen molar-refractivity contribution in [1.82, 2.24) is 9.88 Å². The van der Waals surface area contributed by atoms with Gasteiger partial charge in [0.2, 0.25) is 0 Å². The van der Waals surface area contributed by atoms with Crippen LogP contribution in [0.25, 0.3) is 16.7 Å². The predicted octanol–water partition coefficient (Wildman–Crippen LogP) is 5.15. The summed E-state index contributed by atoms with van der Waals surface area (Å²) in [6.45, 7) is 2.55. The van der Waals surface area contributed by atoms with E-state index in [4.69, 9.17) is 9.47 Å². The minimum atomic E-state index is -0.870. The Bertz CT molecular complexity index is 1620. The number of nitro benzene ring substituents is 1. The van der Waals surface area contributed by atoms with E-state index in [-0.39, 0.29) is 23.4 Å². The van der Waals surface area contributed by atoms with Crippen LogP contribution in [0.5, 0.6) is 11.5 Å². The van der Waals surface area contributed by atoms with Crippen LogP contribution >= 0.6 is 0 Å². The summed E-state index contributed by atoms with van der Waals surface area (Å²) in [5.41, 5.74) is 2.43. The first-order valence-electron chi connectivity index (χ1n) is 12.7. The Morgan fingerprint density at radius 1 is 1.05 bits per heavy atom. The molecular formula is C30H27N3O7. The molecule has 1 aliphatic rings. The lowest BCUT2D eigenvalue weighted by Gasteiger charge is -2.25. The first-order chi connectivity index (χ1) is 19.3. The number of ether oxygens (including phenoxy) is 2. The second-order valence-electron chi connectivity index (χ2n) is 9.27. The fourth-order valence-corrected chi connectivity index (χ4v) is 5.00. The fraction of sp³-hybridized carbons (Fsp3) is 0.200. The molecule has 4 aromatic rings. The van der Waals surface area contributed by atoms with Gasteiger partial charge < -0.3 is 24.5 Å². The third-order valence-electron chi connectivity index (χ3n) is 6.99. The molecule has 3 aromatic carbocycles. The number of methoxy groups -OCH3 is 1. The Hall–Kier alpha value is -5.12. The van der Waals surface area contributed by atoms with Crippen LogP contribution in [0.2, 0.25) is 0 Å². The number of Topliss-reactive ketones (excluding diaryl/α,β-unsaturated/α-hetero) is 1. The highest BCUT2D eigenvalue weighted by Gasteiger charge is 2.46. The summed E-state index contributed by atoms with van der Waals surface area (Å²) in [5.74, 6) is -0.626. The maximum Gasteiger partial charge on any atom is 0.295 e. The number of ketones is 1. The van der Waals surface area contributed by atoms with Crippen molar-refractivity contribution in [2.75, 3.05) is 20.3 Å². The average molecular weight is 542 g/mol. The SMILES string of the molecule is CCOc1ccc([C@H]2C(=C(O)c3ccc([N+](=O)[O-])cc3)C(=O)C(=O)N2CCc2c[nH]c3ccc(OC)cc23)cc1. The van der Waals surface area contributed by atoms with Crippen molar-refractivity contribution in [3.05, 3.63) is 105 Å². The first kappa shape index (κ1) is 26.5. The molecule has 5 rings (SSSR count). The van der Waals surface area contributed by atoms with Gasteiger partial charge in [-0.25, -0.2) is 0 Å². The van der Waals surface area contributed by atoms with Crippen LogP contribution in [0.15, 0.2) is 78.5 Å². The standard InChI is InChI=1S/C30H27N3O7/c1-3-40-22-10-6-18(7-11-22)27-26(28(34)19-4-8-21(9-5-19)33(37)38)29(35)30(36)32(27)15-14-20-17-31-25-13-12-23(39-2)16-24(20)25/h4-13,16-17,27,31,34H,3,14-15H2,1-2H3/t27-/m0/s1. The number of amides is 1. The van der Waals surface area contributed by atoms with Gasteiger partial charge in [0.05, 0.1) is 30.3 Å². The highest BCUT2D eigenvalue weighted by atomic mass is 16.6. The number of likely N-dealkylation sites (tertiary alicyclic amines) is 1. The minimum Gasteiger partial charge on any atom is -0.507 e. The predicted molar refractivity (Wildman–Crippen MR) is 148 cm³/mol. The zero-order chi connectivity index (χ0) is 28.4. The van der Waals surface area contributed by atoms with E-state index < -0.39 is 28.4 Å². The number of fused-ring (bicyclic) bond motifs is 1. The van der Waals surface area contributed by atoms with Gasteiger partial charge >= 0.3 is 0 Å². The number of nitrogens with one attached hydrogen (secondary N) is 1. The van der Waals surface area contributed by atoms with Gasteiger partial charge in [-0.05, 0) is 66.9 Å². The number of aromatic nitrogens is 1. The molecule has 2 N–H and O–H groups in total. The summed E-state index contributed by atoms with van der Waals surface area (Å²) in [6, 6.07) is 17.0. The molecule has 0 unspecified atom stereocenters. The Balaban J connectivity index is 1.54. The summed E-state index contributed by atoms with van der Waals surface area (Å²) >= 11 is 0. The average Bonchev–Trinajstić information content (AvgIpc) is 3.49. The summed E-state index contributed by atoms with van der Waals surface area (Å²) in [5, 5.41) is 23.3. The number of carbonyl (C=O) groups is 2. The monoisotopic (exact) mass is 541 g/mol. The lowest BCUT2D eigenvalue weighted by Crippen LogP contribution is -2.31. The molecule has 40 heavy (non-hydrogen) atoms. The van der Waals surface area contributed by atoms with Crippen molar-refractivity contribution in [3.63, 3.8) is 0 Å². The summed E-state index contributed by atoms with van der Waals surface area (Å²) in [7, 11) is 1.59. The number of nitrogens with zero attached hydrogens (tertiary/aromatic N) is 2. The molecule has 1 saturated heterocycles. The van der Waals surface area contributed by atoms with Crippen molar-refractivity contribution < 1.29 is 29.1 Å². The Kier molecular flexibility index (Phi) is 7.24. The van der Waals surface area contributed by atoms with Crippen molar-refractivity contribution in [2.45, 2.75) is 19.4 Å². The molecule has 10 heteroatoms. The van der Waals surface area contributed by atoms with E-state index in [2.05, 4.69) is 4.98 Å². The van der Waals surface area contributed by atoms with Crippen molar-refractivity contribution in [3.8, 4) is 11.5 Å². The third-order valence-corrected chi connectivity index (χ3v) is 6.99. The van der Waals surface area contributed by atoms with E-state index in [0.717, 1.165) is 16.5 Å². The highest BCUT2D eigenvalue weighted by Crippen LogP contribution is 2.40. The van der Waals surface area contributed by atoms with Crippen molar-refractivity contribution >= 4 is 34.0 Å². The van der Waals surface area contributed by atoms with Crippen LogP contribution < -0.4 is 9.47 Å². The number of hydrogen-bond acceptors (Lipinski definition) is 7. The number of non-ortho nitro benzene ring substituents is 1. The molecule has 10 nitrogen and oxygen atoms in total. The second kappa shape index (κ2) is 10.9. The lowest BCUT2D eigenvalue weighted by atomic mass is 9.95. The van der Waals surface area contributed by atoms with Gasteiger partial charge in [-0.1, -0.05) is 12.1 Å². The quantitative estimate of drug-likeness (QED) is 0.0984. The molecular weight excluding hydrogens is 514 g/mol. The van der Waals surface area contributed by atoms with E-state index in [1.54, 1.807) is 31.4 Å².